The molecular formula is C30H34N2O2. The molecule has 2 aliphatic rings. The van der Waals surface area contributed by atoms with Crippen molar-refractivity contribution in [1.29, 1.82) is 0 Å². The lowest BCUT2D eigenvalue weighted by atomic mass is 9.86. The summed E-state index contributed by atoms with van der Waals surface area (Å²) in [6, 6.07) is 25.7. The first-order valence-electron chi connectivity index (χ1n) is 12.4. The molecule has 0 spiro atoms. The molecule has 3 aromatic carbocycles. The lowest BCUT2D eigenvalue weighted by Gasteiger charge is -2.38. The Kier molecular flexibility index (Phi) is 6.07. The molecule has 34 heavy (non-hydrogen) atoms. The predicted molar refractivity (Wildman–Crippen MR) is 138 cm³/mol. The number of hydrogen-bond acceptors (Lipinski definition) is 4. The summed E-state index contributed by atoms with van der Waals surface area (Å²) in [4.78, 5) is 0. The molecule has 4 nitrogen and oxygen atoms in total. The molecule has 2 heterocycles. The molecule has 0 amide bonds. The Labute approximate surface area is 203 Å². The van der Waals surface area contributed by atoms with Crippen molar-refractivity contribution in [3.63, 3.8) is 0 Å². The van der Waals surface area contributed by atoms with Crippen LogP contribution >= 0.6 is 0 Å². The van der Waals surface area contributed by atoms with E-state index < -0.39 is 0 Å². The summed E-state index contributed by atoms with van der Waals surface area (Å²) in [6.45, 7) is 9.65. The highest BCUT2D eigenvalue weighted by Gasteiger charge is 2.40. The lowest BCUT2D eigenvalue weighted by molar-refractivity contribution is -0.0190. The largest absolute Gasteiger partial charge is 0.494 e. The fourth-order valence-electron chi connectivity index (χ4n) is 4.65. The molecule has 2 atom stereocenters. The van der Waals surface area contributed by atoms with Crippen LogP contribution in [0.2, 0.25) is 0 Å². The van der Waals surface area contributed by atoms with Crippen LogP contribution in [0.4, 0.5) is 0 Å². The maximum atomic E-state index is 6.51. The molecule has 0 aromatic heterocycles. The zero-order valence-electron chi connectivity index (χ0n) is 20.6. The van der Waals surface area contributed by atoms with Crippen LogP contribution in [0, 0.1) is 0 Å². The van der Waals surface area contributed by atoms with E-state index in [1.807, 2.05) is 6.07 Å². The number of fused-ring (bicyclic) bond motifs is 3. The van der Waals surface area contributed by atoms with Crippen LogP contribution in [0.1, 0.15) is 81.5 Å². The highest BCUT2D eigenvalue weighted by atomic mass is 16.5. The Balaban J connectivity index is 1.44. The van der Waals surface area contributed by atoms with Gasteiger partial charge in [0.05, 0.1) is 18.4 Å². The molecule has 0 aliphatic carbocycles. The van der Waals surface area contributed by atoms with Gasteiger partial charge in [0, 0.05) is 17.5 Å². The van der Waals surface area contributed by atoms with E-state index in [2.05, 4.69) is 99.4 Å². The Morgan fingerprint density at radius 2 is 1.71 bits per heavy atom. The number of nitrogens with zero attached hydrogens (tertiary/aromatic N) is 2. The van der Waals surface area contributed by atoms with Crippen molar-refractivity contribution in [3.8, 4) is 11.5 Å². The molecule has 4 heteroatoms. The molecule has 2 aliphatic heterocycles. The molecule has 0 saturated heterocycles. The van der Waals surface area contributed by atoms with Gasteiger partial charge in [0.1, 0.15) is 11.5 Å². The summed E-state index contributed by atoms with van der Waals surface area (Å²) < 4.78 is 12.4. The Morgan fingerprint density at radius 3 is 2.41 bits per heavy atom. The zero-order chi connectivity index (χ0) is 23.7. The molecule has 0 radical (unpaired) electrons. The Hall–Kier alpha value is -3.27. The number of unbranched alkanes of at least 4 members (excludes halogenated alkanes) is 1. The van der Waals surface area contributed by atoms with Gasteiger partial charge in [0.15, 0.2) is 0 Å². The molecular weight excluding hydrogens is 420 g/mol. The molecule has 176 valence electrons. The van der Waals surface area contributed by atoms with E-state index in [4.69, 9.17) is 14.6 Å². The average Bonchev–Trinajstić information content (AvgIpc) is 3.29. The Morgan fingerprint density at radius 1 is 0.971 bits per heavy atom. The van der Waals surface area contributed by atoms with Crippen molar-refractivity contribution in [1.82, 2.24) is 5.01 Å². The number of ether oxygens (including phenoxy) is 2. The van der Waals surface area contributed by atoms with Crippen molar-refractivity contribution < 1.29 is 9.47 Å². The van der Waals surface area contributed by atoms with E-state index >= 15 is 0 Å². The molecule has 0 saturated carbocycles. The van der Waals surface area contributed by atoms with Gasteiger partial charge in [-0.15, -0.1) is 0 Å². The number of benzene rings is 3. The molecule has 0 N–H and O–H groups in total. The van der Waals surface area contributed by atoms with Gasteiger partial charge in [0.2, 0.25) is 6.23 Å². The van der Waals surface area contributed by atoms with Crippen molar-refractivity contribution in [2.45, 2.75) is 64.6 Å². The molecule has 0 bridgehead atoms. The van der Waals surface area contributed by atoms with E-state index in [-0.39, 0.29) is 17.7 Å². The first-order chi connectivity index (χ1) is 16.4. The minimum atomic E-state index is -0.247. The summed E-state index contributed by atoms with van der Waals surface area (Å²) in [5.41, 5.74) is 5.97. The van der Waals surface area contributed by atoms with Crippen LogP contribution in [-0.2, 0) is 5.41 Å². The number of hydrogen-bond donors (Lipinski definition) is 0. The SMILES string of the molecule is CCCCOc1ccc(C2=NN3C(C2)c2ccccc2OC3c2ccc(C(C)(C)C)cc2)cc1. The third-order valence-corrected chi connectivity index (χ3v) is 6.72. The van der Waals surface area contributed by atoms with Gasteiger partial charge in [-0.05, 0) is 53.3 Å². The minimum Gasteiger partial charge on any atom is -0.494 e. The van der Waals surface area contributed by atoms with Crippen LogP contribution in [-0.4, -0.2) is 17.3 Å². The fraction of sp³-hybridized carbons (Fsp3) is 0.367. The molecule has 2 unspecified atom stereocenters. The van der Waals surface area contributed by atoms with Crippen LogP contribution in [0.5, 0.6) is 11.5 Å². The Bertz CT molecular complexity index is 1160. The van der Waals surface area contributed by atoms with E-state index in [1.54, 1.807) is 0 Å². The summed E-state index contributed by atoms with van der Waals surface area (Å²) in [5, 5.41) is 7.25. The summed E-state index contributed by atoms with van der Waals surface area (Å²) in [6.07, 6.45) is 2.81. The van der Waals surface area contributed by atoms with Gasteiger partial charge in [-0.3, -0.25) is 0 Å². The normalized spacial score (nSPS) is 19.2. The van der Waals surface area contributed by atoms with Gasteiger partial charge in [-0.25, -0.2) is 5.01 Å². The van der Waals surface area contributed by atoms with Crippen molar-refractivity contribution >= 4 is 5.71 Å². The van der Waals surface area contributed by atoms with Gasteiger partial charge >= 0.3 is 0 Å². The molecule has 3 aromatic rings. The maximum Gasteiger partial charge on any atom is 0.213 e. The van der Waals surface area contributed by atoms with Crippen LogP contribution in [0.3, 0.4) is 0 Å². The van der Waals surface area contributed by atoms with E-state index in [0.29, 0.717) is 0 Å². The minimum absolute atomic E-state index is 0.118. The smallest absolute Gasteiger partial charge is 0.213 e. The maximum absolute atomic E-state index is 6.51. The third kappa shape index (κ3) is 4.42. The topological polar surface area (TPSA) is 34.1 Å². The van der Waals surface area contributed by atoms with E-state index in [0.717, 1.165) is 54.2 Å². The standard InChI is InChI=1S/C30H34N2O2/c1-5-6-19-33-24-17-13-21(14-18-24)26-20-27-25-9-7-8-10-28(25)34-29(32(27)31-26)22-11-15-23(16-12-22)30(2,3)4/h7-18,27,29H,5-6,19-20H2,1-4H3. The van der Waals surface area contributed by atoms with Gasteiger partial charge in [0.25, 0.3) is 0 Å². The summed E-state index contributed by atoms with van der Waals surface area (Å²) in [7, 11) is 0. The second kappa shape index (κ2) is 9.17. The highest BCUT2D eigenvalue weighted by Crippen LogP contribution is 2.47. The first-order valence-corrected chi connectivity index (χ1v) is 12.4. The third-order valence-electron chi connectivity index (χ3n) is 6.72. The second-order valence-electron chi connectivity index (χ2n) is 10.3. The van der Waals surface area contributed by atoms with Crippen molar-refractivity contribution in [2.75, 3.05) is 6.61 Å². The highest BCUT2D eigenvalue weighted by molar-refractivity contribution is 6.02. The van der Waals surface area contributed by atoms with Gasteiger partial charge in [-0.1, -0.05) is 76.6 Å². The lowest BCUT2D eigenvalue weighted by Crippen LogP contribution is -2.33. The second-order valence-corrected chi connectivity index (χ2v) is 10.3. The first kappa shape index (κ1) is 22.5. The number of para-hydroxylation sites is 1. The van der Waals surface area contributed by atoms with Crippen LogP contribution in [0.25, 0.3) is 0 Å². The summed E-state index contributed by atoms with van der Waals surface area (Å²) in [5.74, 6) is 1.86. The average molecular weight is 455 g/mol. The zero-order valence-corrected chi connectivity index (χ0v) is 20.6. The van der Waals surface area contributed by atoms with Crippen LogP contribution in [0.15, 0.2) is 77.9 Å². The fourth-order valence-corrected chi connectivity index (χ4v) is 4.65. The summed E-state index contributed by atoms with van der Waals surface area (Å²) >= 11 is 0. The monoisotopic (exact) mass is 454 g/mol. The molecule has 5 rings (SSSR count). The predicted octanol–water partition coefficient (Wildman–Crippen LogP) is 7.41. The van der Waals surface area contributed by atoms with Crippen molar-refractivity contribution in [2.24, 2.45) is 5.10 Å². The van der Waals surface area contributed by atoms with Gasteiger partial charge in [-0.2, -0.15) is 5.10 Å². The molecule has 0 fully saturated rings. The number of rotatable bonds is 6. The quantitative estimate of drug-likeness (QED) is 0.364. The van der Waals surface area contributed by atoms with E-state index in [9.17, 15) is 0 Å². The van der Waals surface area contributed by atoms with E-state index in [1.165, 1.54) is 11.1 Å². The number of hydrazone groups is 1. The van der Waals surface area contributed by atoms with Gasteiger partial charge < -0.3 is 9.47 Å². The van der Waals surface area contributed by atoms with Crippen LogP contribution < -0.4 is 9.47 Å². The van der Waals surface area contributed by atoms with Crippen molar-refractivity contribution in [3.05, 3.63) is 95.1 Å².